The maximum atomic E-state index is 12.4. The molecule has 2 fully saturated rings. The molecule has 1 amide bonds. The van der Waals surface area contributed by atoms with Crippen LogP contribution in [-0.4, -0.2) is 34.6 Å². The molecule has 1 aromatic heterocycles. The third-order valence-corrected chi connectivity index (χ3v) is 5.36. The predicted molar refractivity (Wildman–Crippen MR) is 88.1 cm³/mol. The molecule has 2 heterocycles. The van der Waals surface area contributed by atoms with Gasteiger partial charge in [-0.15, -0.1) is 0 Å². The van der Waals surface area contributed by atoms with Crippen molar-refractivity contribution in [1.29, 1.82) is 0 Å². The molecule has 23 heavy (non-hydrogen) atoms. The van der Waals surface area contributed by atoms with Gasteiger partial charge in [0, 0.05) is 24.5 Å². The number of aromatic nitrogens is 2. The molecule has 122 valence electrons. The van der Waals surface area contributed by atoms with Crippen LogP contribution in [0.1, 0.15) is 31.2 Å². The van der Waals surface area contributed by atoms with Crippen molar-refractivity contribution >= 4 is 16.9 Å². The Morgan fingerprint density at radius 3 is 3.17 bits per heavy atom. The fraction of sp³-hybridized carbons (Fsp3) is 0.556. The first kappa shape index (κ1) is 14.7. The third kappa shape index (κ3) is 2.53. The highest BCUT2D eigenvalue weighted by Crippen LogP contribution is 2.45. The highest BCUT2D eigenvalue weighted by Gasteiger charge is 2.53. The Bertz CT molecular complexity index is 739. The van der Waals surface area contributed by atoms with E-state index in [1.807, 2.05) is 25.1 Å². The Hall–Kier alpha value is -1.88. The topological polar surface area (TPSA) is 67.0 Å². The second kappa shape index (κ2) is 5.64. The molecule has 0 radical (unpaired) electrons. The van der Waals surface area contributed by atoms with Crippen LogP contribution >= 0.6 is 0 Å². The van der Waals surface area contributed by atoms with Crippen LogP contribution in [0.25, 0.3) is 11.0 Å². The number of ether oxygens (including phenoxy) is 1. The van der Waals surface area contributed by atoms with Crippen molar-refractivity contribution in [3.05, 3.63) is 29.6 Å². The number of carbonyl (C=O) groups is 1. The Morgan fingerprint density at radius 2 is 2.35 bits per heavy atom. The van der Waals surface area contributed by atoms with Gasteiger partial charge in [-0.05, 0) is 37.5 Å². The summed E-state index contributed by atoms with van der Waals surface area (Å²) < 4.78 is 5.77. The minimum atomic E-state index is 0.106. The van der Waals surface area contributed by atoms with Crippen molar-refractivity contribution in [2.24, 2.45) is 11.8 Å². The lowest BCUT2D eigenvalue weighted by atomic mass is 9.65. The van der Waals surface area contributed by atoms with Gasteiger partial charge in [-0.1, -0.05) is 13.0 Å². The third-order valence-electron chi connectivity index (χ3n) is 5.36. The van der Waals surface area contributed by atoms with Crippen molar-refractivity contribution < 1.29 is 9.53 Å². The lowest BCUT2D eigenvalue weighted by molar-refractivity contribution is -0.126. The summed E-state index contributed by atoms with van der Waals surface area (Å²) in [5.74, 6) is 1.99. The molecule has 0 unspecified atom stereocenters. The Balaban J connectivity index is 1.42. The summed E-state index contributed by atoms with van der Waals surface area (Å²) in [6.45, 7) is 4.96. The number of imidazole rings is 1. The van der Waals surface area contributed by atoms with Crippen LogP contribution in [0.4, 0.5) is 0 Å². The fourth-order valence-corrected chi connectivity index (χ4v) is 4.25. The monoisotopic (exact) mass is 313 g/mol. The van der Waals surface area contributed by atoms with Gasteiger partial charge < -0.3 is 15.0 Å². The van der Waals surface area contributed by atoms with E-state index in [1.165, 1.54) is 0 Å². The summed E-state index contributed by atoms with van der Waals surface area (Å²) in [5, 5.41) is 3.25. The second-order valence-corrected chi connectivity index (χ2v) is 6.80. The molecule has 1 aromatic carbocycles. The SMILES string of the molecule is CC[C@@H]1[C@@H](NC(=O)Cc2ccc3nc(C)[nH]c3c2)[C@@H]2CCO[C@H]12. The number of H-pyrrole nitrogens is 1. The van der Waals surface area contributed by atoms with Gasteiger partial charge in [0.15, 0.2) is 0 Å². The molecule has 1 saturated heterocycles. The molecule has 2 aliphatic rings. The molecule has 5 heteroatoms. The van der Waals surface area contributed by atoms with Crippen LogP contribution in [0, 0.1) is 18.8 Å². The van der Waals surface area contributed by atoms with Crippen molar-refractivity contribution in [2.45, 2.75) is 45.3 Å². The number of benzene rings is 1. The Morgan fingerprint density at radius 1 is 1.48 bits per heavy atom. The number of aromatic amines is 1. The van der Waals surface area contributed by atoms with Crippen molar-refractivity contribution in [3.8, 4) is 0 Å². The maximum Gasteiger partial charge on any atom is 0.224 e. The minimum absolute atomic E-state index is 0.106. The van der Waals surface area contributed by atoms with Crippen LogP contribution in [0.2, 0.25) is 0 Å². The van der Waals surface area contributed by atoms with E-state index >= 15 is 0 Å². The molecule has 4 atom stereocenters. The molecule has 1 aliphatic carbocycles. The molecule has 0 spiro atoms. The number of carbonyl (C=O) groups excluding carboxylic acids is 1. The van der Waals surface area contributed by atoms with Crippen molar-refractivity contribution in [2.75, 3.05) is 6.61 Å². The number of fused-ring (bicyclic) bond motifs is 2. The summed E-state index contributed by atoms with van der Waals surface area (Å²) in [4.78, 5) is 20.0. The molecule has 2 N–H and O–H groups in total. The van der Waals surface area contributed by atoms with Gasteiger partial charge in [0.25, 0.3) is 0 Å². The van der Waals surface area contributed by atoms with E-state index in [1.54, 1.807) is 0 Å². The summed E-state index contributed by atoms with van der Waals surface area (Å²) in [5.41, 5.74) is 2.96. The second-order valence-electron chi connectivity index (χ2n) is 6.80. The van der Waals surface area contributed by atoms with E-state index < -0.39 is 0 Å². The molecule has 0 bridgehead atoms. The van der Waals surface area contributed by atoms with Gasteiger partial charge in [0.1, 0.15) is 5.82 Å². The highest BCUT2D eigenvalue weighted by atomic mass is 16.5. The molecular weight excluding hydrogens is 290 g/mol. The lowest BCUT2D eigenvalue weighted by Crippen LogP contribution is -2.61. The average Bonchev–Trinajstić information content (AvgIpc) is 3.08. The quantitative estimate of drug-likeness (QED) is 0.910. The number of rotatable bonds is 4. The number of nitrogens with one attached hydrogen (secondary N) is 2. The summed E-state index contributed by atoms with van der Waals surface area (Å²) in [6, 6.07) is 6.27. The summed E-state index contributed by atoms with van der Waals surface area (Å²) in [7, 11) is 0. The molecular formula is C18H23N3O2. The van der Waals surface area contributed by atoms with Gasteiger partial charge in [-0.3, -0.25) is 4.79 Å². The molecule has 1 aliphatic heterocycles. The van der Waals surface area contributed by atoms with Crippen LogP contribution in [0.15, 0.2) is 18.2 Å². The predicted octanol–water partition coefficient (Wildman–Crippen LogP) is 2.34. The molecule has 1 saturated carbocycles. The highest BCUT2D eigenvalue weighted by molar-refractivity contribution is 5.82. The van der Waals surface area contributed by atoms with Crippen molar-refractivity contribution in [1.82, 2.24) is 15.3 Å². The van der Waals surface area contributed by atoms with Crippen LogP contribution in [0.5, 0.6) is 0 Å². The summed E-state index contributed by atoms with van der Waals surface area (Å²) >= 11 is 0. The van der Waals surface area contributed by atoms with Gasteiger partial charge in [-0.25, -0.2) is 4.98 Å². The van der Waals surface area contributed by atoms with E-state index in [-0.39, 0.29) is 11.9 Å². The minimum Gasteiger partial charge on any atom is -0.377 e. The zero-order valence-electron chi connectivity index (χ0n) is 13.6. The zero-order chi connectivity index (χ0) is 16.0. The number of hydrogen-bond donors (Lipinski definition) is 2. The van der Waals surface area contributed by atoms with E-state index in [0.29, 0.717) is 24.4 Å². The smallest absolute Gasteiger partial charge is 0.224 e. The maximum absolute atomic E-state index is 12.4. The first-order valence-electron chi connectivity index (χ1n) is 8.52. The number of hydrogen-bond acceptors (Lipinski definition) is 3. The molecule has 2 aromatic rings. The van der Waals surface area contributed by atoms with E-state index in [2.05, 4.69) is 22.2 Å². The zero-order valence-corrected chi connectivity index (χ0v) is 13.6. The lowest BCUT2D eigenvalue weighted by Gasteiger charge is -2.47. The van der Waals surface area contributed by atoms with E-state index in [4.69, 9.17) is 4.74 Å². The number of nitrogens with zero attached hydrogens (tertiary/aromatic N) is 1. The van der Waals surface area contributed by atoms with Crippen LogP contribution in [0.3, 0.4) is 0 Å². The van der Waals surface area contributed by atoms with Crippen molar-refractivity contribution in [3.63, 3.8) is 0 Å². The van der Waals surface area contributed by atoms with Crippen LogP contribution in [-0.2, 0) is 16.0 Å². The average molecular weight is 313 g/mol. The van der Waals surface area contributed by atoms with Crippen LogP contribution < -0.4 is 5.32 Å². The Labute approximate surface area is 135 Å². The standard InChI is InChI=1S/C18H23N3O2/c1-3-12-17(13-6-7-23-18(12)13)21-16(22)9-11-4-5-14-15(8-11)20-10(2)19-14/h4-5,8,12-13,17-18H,3,6-7,9H2,1-2H3,(H,19,20)(H,21,22)/t12-,13+,17-,18-/m1/s1. The number of aryl methyl sites for hydroxylation is 1. The van der Waals surface area contributed by atoms with E-state index in [9.17, 15) is 4.79 Å². The molecule has 4 rings (SSSR count). The van der Waals surface area contributed by atoms with Gasteiger partial charge in [-0.2, -0.15) is 0 Å². The number of amides is 1. The van der Waals surface area contributed by atoms with Gasteiger partial charge in [0.05, 0.1) is 23.6 Å². The molecule has 5 nitrogen and oxygen atoms in total. The normalized spacial score (nSPS) is 29.3. The Kier molecular flexibility index (Phi) is 3.60. The van der Waals surface area contributed by atoms with E-state index in [0.717, 1.165) is 41.9 Å². The first-order chi connectivity index (χ1) is 11.2. The summed E-state index contributed by atoms with van der Waals surface area (Å²) in [6.07, 6.45) is 2.92. The van der Waals surface area contributed by atoms with Gasteiger partial charge in [0.2, 0.25) is 5.91 Å². The first-order valence-corrected chi connectivity index (χ1v) is 8.52. The fourth-order valence-electron chi connectivity index (χ4n) is 4.25. The van der Waals surface area contributed by atoms with Gasteiger partial charge >= 0.3 is 0 Å². The largest absolute Gasteiger partial charge is 0.377 e.